The summed E-state index contributed by atoms with van der Waals surface area (Å²) < 4.78 is 34.4. The second kappa shape index (κ2) is 8.84. The lowest BCUT2D eigenvalue weighted by molar-refractivity contribution is -0.238. The molecule has 0 aromatic carbocycles. The van der Waals surface area contributed by atoms with Gasteiger partial charge < -0.3 is 19.3 Å². The van der Waals surface area contributed by atoms with E-state index in [0.29, 0.717) is 12.0 Å². The van der Waals surface area contributed by atoms with Crippen LogP contribution in [-0.4, -0.2) is 64.0 Å². The van der Waals surface area contributed by atoms with E-state index >= 15 is 4.39 Å². The molecule has 0 aliphatic heterocycles. The summed E-state index contributed by atoms with van der Waals surface area (Å²) in [4.78, 5) is 74.3. The number of hydrogen-bond donors (Lipinski definition) is 1. The minimum Gasteiger partial charge on any atom is -0.475 e. The fourth-order valence-corrected chi connectivity index (χ4v) is 7.83. The summed E-state index contributed by atoms with van der Waals surface area (Å²) >= 11 is 0. The number of carbonyl (C=O) groups excluding carboxylic acids is 5. The van der Waals surface area contributed by atoms with Crippen LogP contribution in [0.4, 0.5) is 4.39 Å². The lowest BCUT2D eigenvalue weighted by Crippen LogP contribution is -2.71. The van der Waals surface area contributed by atoms with E-state index in [0.717, 1.165) is 20.8 Å². The Morgan fingerprint density at radius 1 is 0.974 bits per heavy atom. The van der Waals surface area contributed by atoms with Crippen molar-refractivity contribution >= 4 is 35.4 Å². The van der Waals surface area contributed by atoms with Gasteiger partial charge in [0.25, 0.3) is 5.78 Å². The normalized spacial score (nSPS) is 41.1. The number of hydrogen-bond acceptors (Lipinski definition) is 9. The van der Waals surface area contributed by atoms with Gasteiger partial charge in [0.15, 0.2) is 17.6 Å². The Bertz CT molecular complexity index is 1200. The Hall–Kier alpha value is -3.37. The minimum atomic E-state index is -2.49. The van der Waals surface area contributed by atoms with Crippen molar-refractivity contribution in [2.45, 2.75) is 83.8 Å². The quantitative estimate of drug-likeness (QED) is 0.316. The highest BCUT2D eigenvalue weighted by molar-refractivity contribution is 6.37. The van der Waals surface area contributed by atoms with Gasteiger partial charge in [-0.05, 0) is 50.7 Å². The van der Waals surface area contributed by atoms with E-state index in [1.807, 2.05) is 0 Å². The molecule has 8 atom stereocenters. The molecule has 38 heavy (non-hydrogen) atoms. The van der Waals surface area contributed by atoms with Gasteiger partial charge >= 0.3 is 23.9 Å². The molecule has 10 nitrogen and oxygen atoms in total. The van der Waals surface area contributed by atoms with E-state index in [9.17, 15) is 33.9 Å². The molecule has 206 valence electrons. The fraction of sp³-hybridized carbons (Fsp3) is 0.630. The highest BCUT2D eigenvalue weighted by atomic mass is 19.1. The number of rotatable bonds is 5. The average Bonchev–Trinajstić information content (AvgIpc) is 3.01. The number of Topliss-reactive ketones (excluding diaryl/α,β-unsaturated/α-hetero) is 1. The van der Waals surface area contributed by atoms with Gasteiger partial charge in [-0.3, -0.25) is 24.0 Å². The Kier molecular flexibility index (Phi) is 6.44. The van der Waals surface area contributed by atoms with Crippen LogP contribution in [0.25, 0.3) is 0 Å². The molecule has 0 aromatic heterocycles. The van der Waals surface area contributed by atoms with E-state index < -0.39 is 82.2 Å². The summed E-state index contributed by atoms with van der Waals surface area (Å²) in [5, 5.41) is 9.80. The first-order chi connectivity index (χ1) is 17.5. The van der Waals surface area contributed by atoms with Crippen molar-refractivity contribution in [3.05, 3.63) is 23.8 Å². The van der Waals surface area contributed by atoms with Gasteiger partial charge in [0.05, 0.1) is 0 Å². The molecule has 0 saturated heterocycles. The number of esters is 3. The van der Waals surface area contributed by atoms with E-state index in [1.165, 1.54) is 25.2 Å². The second-order valence-electron chi connectivity index (χ2n) is 11.1. The van der Waals surface area contributed by atoms with Crippen LogP contribution in [0, 0.1) is 22.7 Å². The number of carbonyl (C=O) groups is 6. The highest BCUT2D eigenvalue weighted by Crippen LogP contribution is 2.71. The standard InChI is InChI=1S/C27H31FO10/c1-13(29)36-20-11-19-18-7-6-16-10-17(32)8-9-24(16,4)26(18,28)21(37-14(2)30)12-25(19,5)27(20,38-15(3)31)22(33)23(34)35/h8-10,18-21H,6-7,11-12H2,1-5H3,(H,34,35)/t18-,19-,20?,21?,24-,25-,26-,27-/m0/s1. The van der Waals surface area contributed by atoms with Crippen LogP contribution >= 0.6 is 0 Å². The number of carboxylic acid groups (broad SMARTS) is 1. The smallest absolute Gasteiger partial charge is 0.376 e. The van der Waals surface area contributed by atoms with Crippen molar-refractivity contribution in [2.24, 2.45) is 22.7 Å². The van der Waals surface area contributed by atoms with Gasteiger partial charge in [-0.2, -0.15) is 0 Å². The maximum Gasteiger partial charge on any atom is 0.376 e. The maximum atomic E-state index is 17.9. The summed E-state index contributed by atoms with van der Waals surface area (Å²) in [6.07, 6.45) is 0.998. The van der Waals surface area contributed by atoms with Crippen LogP contribution in [0.15, 0.2) is 23.8 Å². The molecule has 4 aliphatic carbocycles. The highest BCUT2D eigenvalue weighted by Gasteiger charge is 2.80. The molecule has 0 radical (unpaired) electrons. The first-order valence-electron chi connectivity index (χ1n) is 12.5. The summed E-state index contributed by atoms with van der Waals surface area (Å²) in [6, 6.07) is 0. The van der Waals surface area contributed by atoms with Gasteiger partial charge in [0, 0.05) is 37.5 Å². The predicted molar refractivity (Wildman–Crippen MR) is 126 cm³/mol. The van der Waals surface area contributed by atoms with E-state index in [4.69, 9.17) is 14.2 Å². The van der Waals surface area contributed by atoms with Crippen molar-refractivity contribution in [3.8, 4) is 0 Å². The molecule has 0 spiro atoms. The van der Waals surface area contributed by atoms with Crippen molar-refractivity contribution in [3.63, 3.8) is 0 Å². The summed E-state index contributed by atoms with van der Waals surface area (Å²) in [7, 11) is 0. The van der Waals surface area contributed by atoms with Gasteiger partial charge in [-0.1, -0.05) is 18.6 Å². The summed E-state index contributed by atoms with van der Waals surface area (Å²) in [5.41, 5.74) is -7.18. The molecule has 0 amide bonds. The number of carboxylic acids is 1. The fourth-order valence-electron chi connectivity index (χ4n) is 7.83. The molecular weight excluding hydrogens is 503 g/mol. The van der Waals surface area contributed by atoms with Crippen molar-refractivity contribution in [2.75, 3.05) is 0 Å². The second-order valence-corrected chi connectivity index (χ2v) is 11.1. The van der Waals surface area contributed by atoms with E-state index in [1.54, 1.807) is 6.92 Å². The summed E-state index contributed by atoms with van der Waals surface area (Å²) in [5.74, 6) is -8.12. The molecule has 11 heteroatoms. The number of aliphatic carboxylic acids is 1. The molecular formula is C27H31FO10. The Balaban J connectivity index is 1.98. The largest absolute Gasteiger partial charge is 0.475 e. The number of ether oxygens (including phenoxy) is 3. The third-order valence-electron chi connectivity index (χ3n) is 9.23. The van der Waals surface area contributed by atoms with Crippen LogP contribution < -0.4 is 0 Å². The van der Waals surface area contributed by atoms with E-state index in [2.05, 4.69) is 0 Å². The minimum absolute atomic E-state index is 0.163. The lowest BCUT2D eigenvalue weighted by atomic mass is 9.44. The number of alkyl halides is 1. The molecule has 0 aromatic rings. The Morgan fingerprint density at radius 3 is 2.13 bits per heavy atom. The first kappa shape index (κ1) is 27.7. The van der Waals surface area contributed by atoms with Crippen molar-refractivity contribution < 1.29 is 52.5 Å². The summed E-state index contributed by atoms with van der Waals surface area (Å²) in [6.45, 7) is 6.28. The molecule has 4 aliphatic rings. The Morgan fingerprint density at radius 2 is 1.58 bits per heavy atom. The van der Waals surface area contributed by atoms with Crippen molar-refractivity contribution in [1.29, 1.82) is 0 Å². The third kappa shape index (κ3) is 3.57. The first-order valence-corrected chi connectivity index (χ1v) is 12.5. The van der Waals surface area contributed by atoms with Crippen LogP contribution in [0.1, 0.15) is 60.3 Å². The van der Waals surface area contributed by atoms with Gasteiger partial charge in [-0.15, -0.1) is 0 Å². The number of allylic oxidation sites excluding steroid dienone is 4. The van der Waals surface area contributed by atoms with Crippen molar-refractivity contribution in [1.82, 2.24) is 0 Å². The topological polar surface area (TPSA) is 150 Å². The molecule has 3 fully saturated rings. The lowest BCUT2D eigenvalue weighted by Gasteiger charge is -2.62. The molecule has 3 saturated carbocycles. The molecule has 2 unspecified atom stereocenters. The molecule has 0 bridgehead atoms. The zero-order valence-electron chi connectivity index (χ0n) is 21.9. The number of fused-ring (bicyclic) bond motifs is 5. The van der Waals surface area contributed by atoms with Gasteiger partial charge in [0.2, 0.25) is 5.60 Å². The maximum absolute atomic E-state index is 17.9. The van der Waals surface area contributed by atoms with Gasteiger partial charge in [-0.25, -0.2) is 9.18 Å². The molecule has 0 heterocycles. The average molecular weight is 535 g/mol. The van der Waals surface area contributed by atoms with Gasteiger partial charge in [0.1, 0.15) is 6.10 Å². The SMILES string of the molecule is CC(=O)OC1C[C@H]2[C@@H]3CCC4=CC(=O)C=C[C@]4(C)[C@@]3(F)C(OC(C)=O)C[C@]2(C)[C@@]1(OC(C)=O)C(=O)C(=O)O. The molecule has 4 rings (SSSR count). The number of ketones is 2. The van der Waals surface area contributed by atoms with Crippen LogP contribution in [-0.2, 0) is 43.0 Å². The zero-order chi connectivity index (χ0) is 28.4. The monoisotopic (exact) mass is 534 g/mol. The Labute approximate surface area is 218 Å². The van der Waals surface area contributed by atoms with Crippen LogP contribution in [0.5, 0.6) is 0 Å². The van der Waals surface area contributed by atoms with Crippen LogP contribution in [0.2, 0.25) is 0 Å². The molecule has 1 N–H and O–H groups in total. The third-order valence-corrected chi connectivity index (χ3v) is 9.23. The van der Waals surface area contributed by atoms with Crippen LogP contribution in [0.3, 0.4) is 0 Å². The van der Waals surface area contributed by atoms with E-state index in [-0.39, 0.29) is 18.6 Å². The predicted octanol–water partition coefficient (Wildman–Crippen LogP) is 2.43. The zero-order valence-corrected chi connectivity index (χ0v) is 21.9. The number of halogens is 1.